The van der Waals surface area contributed by atoms with Gasteiger partial charge >= 0.3 is 12.2 Å². The van der Waals surface area contributed by atoms with Crippen LogP contribution >= 0.6 is 0 Å². The highest BCUT2D eigenvalue weighted by atomic mass is 16.7. The molecule has 0 fully saturated rings. The third-order valence-corrected chi connectivity index (χ3v) is 3.55. The highest BCUT2D eigenvalue weighted by molar-refractivity contribution is 5.70. The lowest BCUT2D eigenvalue weighted by molar-refractivity contribution is -0.159. The van der Waals surface area contributed by atoms with Gasteiger partial charge in [-0.15, -0.1) is 19.4 Å². The Kier molecular flexibility index (Phi) is 11.2. The summed E-state index contributed by atoms with van der Waals surface area (Å²) < 4.78 is 16.2. The van der Waals surface area contributed by atoms with Crippen molar-refractivity contribution >= 4 is 12.2 Å². The molecule has 0 radical (unpaired) electrons. The molecule has 30 heavy (non-hydrogen) atoms. The number of rotatable bonds is 6. The summed E-state index contributed by atoms with van der Waals surface area (Å²) in [6.45, 7) is 15.3. The SMILES string of the molecule is C#C.C=CCON(C(=O)OC(C)(C)C)[C@H]1CN(C(=O)OC(C)(C)C)CC=C1COC. The molecule has 0 aromatic carbocycles. The van der Waals surface area contributed by atoms with Crippen molar-refractivity contribution in [1.82, 2.24) is 9.96 Å². The van der Waals surface area contributed by atoms with E-state index in [4.69, 9.17) is 19.0 Å². The van der Waals surface area contributed by atoms with E-state index in [-0.39, 0.29) is 13.2 Å². The van der Waals surface area contributed by atoms with E-state index in [1.807, 2.05) is 6.08 Å². The Morgan fingerprint density at radius 2 is 1.77 bits per heavy atom. The first-order valence-corrected chi connectivity index (χ1v) is 9.63. The van der Waals surface area contributed by atoms with Gasteiger partial charge in [0.05, 0.1) is 19.8 Å². The van der Waals surface area contributed by atoms with Crippen molar-refractivity contribution in [2.24, 2.45) is 0 Å². The van der Waals surface area contributed by atoms with Crippen LogP contribution in [0.5, 0.6) is 0 Å². The summed E-state index contributed by atoms with van der Waals surface area (Å²) in [5.74, 6) is 0. The fourth-order valence-corrected chi connectivity index (χ4v) is 2.50. The van der Waals surface area contributed by atoms with E-state index in [9.17, 15) is 9.59 Å². The van der Waals surface area contributed by atoms with Crippen molar-refractivity contribution in [3.8, 4) is 12.8 Å². The zero-order chi connectivity index (χ0) is 23.5. The van der Waals surface area contributed by atoms with Gasteiger partial charge in [0, 0.05) is 13.7 Å². The second-order valence-electron chi connectivity index (χ2n) is 8.50. The average Bonchev–Trinajstić information content (AvgIpc) is 2.62. The van der Waals surface area contributed by atoms with Crippen LogP contribution < -0.4 is 0 Å². The van der Waals surface area contributed by atoms with E-state index < -0.39 is 29.4 Å². The normalized spacial score (nSPS) is 16.5. The van der Waals surface area contributed by atoms with E-state index in [1.54, 1.807) is 48.7 Å². The maximum Gasteiger partial charge on any atom is 0.435 e. The summed E-state index contributed by atoms with van der Waals surface area (Å²) in [7, 11) is 1.57. The zero-order valence-corrected chi connectivity index (χ0v) is 19.3. The Labute approximate surface area is 180 Å². The van der Waals surface area contributed by atoms with Crippen LogP contribution in [0.25, 0.3) is 0 Å². The molecule has 0 saturated carbocycles. The maximum absolute atomic E-state index is 12.8. The van der Waals surface area contributed by atoms with Crippen LogP contribution in [-0.2, 0) is 19.0 Å². The Morgan fingerprint density at radius 3 is 2.23 bits per heavy atom. The van der Waals surface area contributed by atoms with E-state index in [2.05, 4.69) is 19.4 Å². The first-order chi connectivity index (χ1) is 13.9. The van der Waals surface area contributed by atoms with Gasteiger partial charge in [-0.1, -0.05) is 12.2 Å². The average molecular weight is 425 g/mol. The quantitative estimate of drug-likeness (QED) is 0.367. The first-order valence-electron chi connectivity index (χ1n) is 9.63. The van der Waals surface area contributed by atoms with Crippen molar-refractivity contribution in [3.63, 3.8) is 0 Å². The molecule has 0 saturated heterocycles. The minimum atomic E-state index is -0.697. The Balaban J connectivity index is 0.00000407. The van der Waals surface area contributed by atoms with Crippen LogP contribution in [0, 0.1) is 12.8 Å². The lowest BCUT2D eigenvalue weighted by atomic mass is 10.0. The third kappa shape index (κ3) is 9.81. The number of nitrogens with zero attached hydrogens (tertiary/aromatic N) is 2. The third-order valence-electron chi connectivity index (χ3n) is 3.55. The Hall–Kier alpha value is -2.50. The van der Waals surface area contributed by atoms with Crippen molar-refractivity contribution in [2.45, 2.75) is 58.8 Å². The molecule has 170 valence electrons. The number of carbonyl (C=O) groups is 2. The lowest BCUT2D eigenvalue weighted by Gasteiger charge is -2.39. The van der Waals surface area contributed by atoms with Crippen LogP contribution in [0.4, 0.5) is 9.59 Å². The topological polar surface area (TPSA) is 77.5 Å². The van der Waals surface area contributed by atoms with E-state index in [0.29, 0.717) is 13.2 Å². The number of hydrogen-bond donors (Lipinski definition) is 0. The minimum absolute atomic E-state index is 0.114. The van der Waals surface area contributed by atoms with Crippen LogP contribution in [-0.4, -0.2) is 72.8 Å². The molecule has 0 spiro atoms. The second-order valence-corrected chi connectivity index (χ2v) is 8.50. The van der Waals surface area contributed by atoms with Gasteiger partial charge in [-0.25, -0.2) is 9.59 Å². The number of hydrogen-bond acceptors (Lipinski definition) is 6. The molecule has 0 bridgehead atoms. The van der Waals surface area contributed by atoms with Crippen LogP contribution in [0.2, 0.25) is 0 Å². The van der Waals surface area contributed by atoms with Gasteiger partial charge in [0.2, 0.25) is 0 Å². The van der Waals surface area contributed by atoms with Crippen LogP contribution in [0.3, 0.4) is 0 Å². The monoisotopic (exact) mass is 424 g/mol. The van der Waals surface area contributed by atoms with Gasteiger partial charge in [-0.2, -0.15) is 5.06 Å². The van der Waals surface area contributed by atoms with Crippen LogP contribution in [0.1, 0.15) is 41.5 Å². The number of methoxy groups -OCH3 is 1. The molecular formula is C22H36N2O6. The molecule has 1 heterocycles. The molecule has 1 atom stereocenters. The molecular weight excluding hydrogens is 388 g/mol. The van der Waals surface area contributed by atoms with Gasteiger partial charge in [0.25, 0.3) is 0 Å². The standard InChI is InChI=1S/C20H34N2O6.C2H2/c1-9-12-26-22(18(24)28-20(5,6)7)16-13-21(11-10-15(16)14-25-8)17(23)27-19(2,3)4;1-2/h9-10,16H,1,11-14H2,2-8H3;1-2H/t16-;/m0./s1. The number of carbonyl (C=O) groups excluding carboxylic acids is 2. The van der Waals surface area contributed by atoms with Gasteiger partial charge in [0.1, 0.15) is 17.2 Å². The smallest absolute Gasteiger partial charge is 0.435 e. The number of terminal acetylenes is 1. The summed E-state index contributed by atoms with van der Waals surface area (Å²) in [6.07, 6.45) is 10.3. The molecule has 1 aliphatic rings. The fraction of sp³-hybridized carbons (Fsp3) is 0.636. The largest absolute Gasteiger partial charge is 0.444 e. The minimum Gasteiger partial charge on any atom is -0.444 e. The molecule has 8 heteroatoms. The lowest BCUT2D eigenvalue weighted by Crippen LogP contribution is -2.54. The van der Waals surface area contributed by atoms with Crippen molar-refractivity contribution in [1.29, 1.82) is 0 Å². The fourth-order valence-electron chi connectivity index (χ4n) is 2.50. The molecule has 0 aliphatic carbocycles. The van der Waals surface area contributed by atoms with Gasteiger partial charge in [-0.3, -0.25) is 4.84 Å². The summed E-state index contributed by atoms with van der Waals surface area (Å²) in [4.78, 5) is 32.4. The van der Waals surface area contributed by atoms with Gasteiger partial charge < -0.3 is 19.1 Å². The highest BCUT2D eigenvalue weighted by Crippen LogP contribution is 2.23. The first kappa shape index (κ1) is 27.5. The molecule has 2 amide bonds. The zero-order valence-electron chi connectivity index (χ0n) is 19.3. The van der Waals surface area contributed by atoms with Crippen LogP contribution in [0.15, 0.2) is 24.3 Å². The van der Waals surface area contributed by atoms with Crippen molar-refractivity contribution in [3.05, 3.63) is 24.3 Å². The predicted octanol–water partition coefficient (Wildman–Crippen LogP) is 3.78. The highest BCUT2D eigenvalue weighted by Gasteiger charge is 2.37. The molecule has 1 rings (SSSR count). The molecule has 8 nitrogen and oxygen atoms in total. The maximum atomic E-state index is 12.8. The number of hydroxylamine groups is 2. The van der Waals surface area contributed by atoms with E-state index >= 15 is 0 Å². The summed E-state index contributed by atoms with van der Waals surface area (Å²) in [5, 5.41) is 1.15. The molecule has 0 aromatic heterocycles. The summed E-state index contributed by atoms with van der Waals surface area (Å²) >= 11 is 0. The Bertz CT molecular complexity index is 628. The molecule has 1 aliphatic heterocycles. The molecule has 0 aromatic rings. The molecule has 0 unspecified atom stereocenters. The number of ether oxygens (including phenoxy) is 3. The predicted molar refractivity (Wildman–Crippen MR) is 116 cm³/mol. The van der Waals surface area contributed by atoms with Gasteiger partial charge in [0.15, 0.2) is 0 Å². The van der Waals surface area contributed by atoms with Crippen molar-refractivity contribution in [2.75, 3.05) is 33.4 Å². The van der Waals surface area contributed by atoms with Crippen molar-refractivity contribution < 1.29 is 28.6 Å². The number of amides is 2. The second kappa shape index (κ2) is 12.3. The molecule has 0 N–H and O–H groups in total. The van der Waals surface area contributed by atoms with Gasteiger partial charge in [-0.05, 0) is 47.1 Å². The summed E-state index contributed by atoms with van der Waals surface area (Å²) in [6, 6.07) is -0.573. The summed E-state index contributed by atoms with van der Waals surface area (Å²) in [5.41, 5.74) is -0.498. The Morgan fingerprint density at radius 1 is 1.20 bits per heavy atom. The van der Waals surface area contributed by atoms with E-state index in [1.165, 1.54) is 11.0 Å². The van der Waals surface area contributed by atoms with E-state index in [0.717, 1.165) is 10.6 Å².